The molecule has 2 N–H and O–H groups in total. The highest BCUT2D eigenvalue weighted by Crippen LogP contribution is 2.32. The summed E-state index contributed by atoms with van der Waals surface area (Å²) in [6.45, 7) is 2.72. The number of benzene rings is 1. The summed E-state index contributed by atoms with van der Waals surface area (Å²) in [6.07, 6.45) is -4.48. The zero-order chi connectivity index (χ0) is 18.1. The monoisotopic (exact) mass is 342 g/mol. The molecule has 24 heavy (non-hydrogen) atoms. The zero-order valence-electron chi connectivity index (χ0n) is 12.6. The van der Waals surface area contributed by atoms with Gasteiger partial charge in [-0.25, -0.2) is 0 Å². The number of aliphatic carboxylic acids is 1. The lowest BCUT2D eigenvalue weighted by atomic mass is 10.0. The summed E-state index contributed by atoms with van der Waals surface area (Å²) in [4.78, 5) is 23.0. The van der Waals surface area contributed by atoms with Crippen molar-refractivity contribution in [1.29, 1.82) is 0 Å². The highest BCUT2D eigenvalue weighted by molar-refractivity contribution is 6.02. The fourth-order valence-corrected chi connectivity index (χ4v) is 1.98. The third-order valence-corrected chi connectivity index (χ3v) is 3.29. The Morgan fingerprint density at radius 3 is 2.33 bits per heavy atom. The second-order valence-corrected chi connectivity index (χ2v) is 5.07. The number of amides is 1. The molecular formula is C15H13F3N2O4. The number of alkyl halides is 3. The Kier molecular flexibility index (Phi) is 4.63. The predicted octanol–water partition coefficient (Wildman–Crippen LogP) is 2.87. The second kappa shape index (κ2) is 6.34. The predicted molar refractivity (Wildman–Crippen MR) is 76.2 cm³/mol. The Bertz CT molecular complexity index is 766. The number of carboxylic acid groups (broad SMARTS) is 1. The molecule has 9 heteroatoms. The summed E-state index contributed by atoms with van der Waals surface area (Å²) in [5.74, 6) is -1.84. The van der Waals surface area contributed by atoms with Crippen molar-refractivity contribution in [2.75, 3.05) is 0 Å². The highest BCUT2D eigenvalue weighted by atomic mass is 19.4. The van der Waals surface area contributed by atoms with Crippen molar-refractivity contribution >= 4 is 11.9 Å². The normalized spacial score (nSPS) is 12.7. The molecule has 0 aliphatic rings. The van der Waals surface area contributed by atoms with Gasteiger partial charge in [-0.1, -0.05) is 17.3 Å². The first-order valence-electron chi connectivity index (χ1n) is 6.79. The van der Waals surface area contributed by atoms with Crippen LogP contribution in [0.1, 0.15) is 28.6 Å². The lowest BCUT2D eigenvalue weighted by Crippen LogP contribution is -2.38. The van der Waals surface area contributed by atoms with Gasteiger partial charge in [-0.15, -0.1) is 0 Å². The van der Waals surface area contributed by atoms with E-state index in [1.807, 2.05) is 0 Å². The minimum atomic E-state index is -4.48. The molecule has 1 atom stereocenters. The van der Waals surface area contributed by atoms with Gasteiger partial charge in [0.1, 0.15) is 23.1 Å². The fraction of sp³-hybridized carbons (Fsp3) is 0.267. The minimum Gasteiger partial charge on any atom is -0.480 e. The third-order valence-electron chi connectivity index (χ3n) is 3.29. The van der Waals surface area contributed by atoms with Gasteiger partial charge in [0.2, 0.25) is 0 Å². The molecule has 128 valence electrons. The summed E-state index contributed by atoms with van der Waals surface area (Å²) < 4.78 is 42.7. The van der Waals surface area contributed by atoms with E-state index in [2.05, 4.69) is 10.5 Å². The molecule has 0 saturated heterocycles. The van der Waals surface area contributed by atoms with Crippen LogP contribution in [0.15, 0.2) is 28.8 Å². The fourth-order valence-electron chi connectivity index (χ4n) is 1.98. The molecule has 1 amide bonds. The van der Waals surface area contributed by atoms with Crippen molar-refractivity contribution in [3.63, 3.8) is 0 Å². The molecule has 0 aliphatic heterocycles. The molecule has 6 nitrogen and oxygen atoms in total. The second-order valence-electron chi connectivity index (χ2n) is 5.07. The first-order chi connectivity index (χ1) is 11.1. The molecule has 0 saturated carbocycles. The Hall–Kier alpha value is -2.84. The van der Waals surface area contributed by atoms with Gasteiger partial charge >= 0.3 is 12.1 Å². The maximum Gasteiger partial charge on any atom is 0.416 e. The van der Waals surface area contributed by atoms with Gasteiger partial charge < -0.3 is 14.9 Å². The molecule has 2 aromatic rings. The van der Waals surface area contributed by atoms with E-state index >= 15 is 0 Å². The molecule has 1 aromatic heterocycles. The van der Waals surface area contributed by atoms with E-state index in [4.69, 9.17) is 9.63 Å². The maximum atomic E-state index is 12.6. The molecule has 0 bridgehead atoms. The number of rotatable bonds is 4. The average molecular weight is 342 g/mol. The summed E-state index contributed by atoms with van der Waals surface area (Å²) >= 11 is 0. The Balaban J connectivity index is 2.36. The van der Waals surface area contributed by atoms with Gasteiger partial charge in [0.15, 0.2) is 0 Å². The summed E-state index contributed by atoms with van der Waals surface area (Å²) in [5.41, 5.74) is -0.580. The van der Waals surface area contributed by atoms with Gasteiger partial charge in [0, 0.05) is 5.56 Å². The number of nitrogens with zero attached hydrogens (tertiary/aromatic N) is 1. The maximum absolute atomic E-state index is 12.6. The molecule has 2 rings (SSSR count). The van der Waals surface area contributed by atoms with Crippen LogP contribution in [0, 0.1) is 6.92 Å². The van der Waals surface area contributed by atoms with E-state index in [1.54, 1.807) is 0 Å². The van der Waals surface area contributed by atoms with Crippen LogP contribution in [0.2, 0.25) is 0 Å². The van der Waals surface area contributed by atoms with Gasteiger partial charge in [-0.05, 0) is 26.0 Å². The largest absolute Gasteiger partial charge is 0.480 e. The standard InChI is InChI=1S/C15H13F3N2O4/c1-7(14(22)23)19-13(21)11-8(2)24-20-12(11)9-3-5-10(6-4-9)15(16,17)18/h3-7H,1-2H3,(H,19,21)(H,22,23)/t7-/m1/s1. The minimum absolute atomic E-state index is 0.0251. The van der Waals surface area contributed by atoms with Crippen LogP contribution in [0.3, 0.4) is 0 Å². The van der Waals surface area contributed by atoms with Crippen molar-refractivity contribution in [3.05, 3.63) is 41.2 Å². The highest BCUT2D eigenvalue weighted by Gasteiger charge is 2.30. The SMILES string of the molecule is Cc1onc(-c2ccc(C(F)(F)F)cc2)c1C(=O)N[C@H](C)C(=O)O. The molecule has 0 radical (unpaired) electrons. The lowest BCUT2D eigenvalue weighted by Gasteiger charge is -2.10. The summed E-state index contributed by atoms with van der Waals surface area (Å²) in [7, 11) is 0. The van der Waals surface area contributed by atoms with E-state index in [1.165, 1.54) is 13.8 Å². The number of halogens is 3. The van der Waals surface area contributed by atoms with Crippen LogP contribution in [0.25, 0.3) is 11.3 Å². The number of hydrogen-bond donors (Lipinski definition) is 2. The van der Waals surface area contributed by atoms with Crippen LogP contribution in [-0.4, -0.2) is 28.2 Å². The van der Waals surface area contributed by atoms with Crippen molar-refractivity contribution in [1.82, 2.24) is 10.5 Å². The lowest BCUT2D eigenvalue weighted by molar-refractivity contribution is -0.139. The van der Waals surface area contributed by atoms with Gasteiger partial charge in [0.25, 0.3) is 5.91 Å². The Morgan fingerprint density at radius 2 is 1.83 bits per heavy atom. The van der Waals surface area contributed by atoms with Crippen LogP contribution in [-0.2, 0) is 11.0 Å². The van der Waals surface area contributed by atoms with E-state index in [9.17, 15) is 22.8 Å². The summed E-state index contributed by atoms with van der Waals surface area (Å²) in [6, 6.07) is 2.91. The topological polar surface area (TPSA) is 92.4 Å². The van der Waals surface area contributed by atoms with Crippen LogP contribution in [0.4, 0.5) is 13.2 Å². The van der Waals surface area contributed by atoms with Crippen LogP contribution < -0.4 is 5.32 Å². The van der Waals surface area contributed by atoms with Crippen molar-refractivity contribution in [3.8, 4) is 11.3 Å². The number of carbonyl (C=O) groups is 2. The number of aryl methyl sites for hydroxylation is 1. The van der Waals surface area contributed by atoms with E-state index in [-0.39, 0.29) is 22.6 Å². The van der Waals surface area contributed by atoms with Gasteiger partial charge in [-0.3, -0.25) is 9.59 Å². The smallest absolute Gasteiger partial charge is 0.416 e. The zero-order valence-corrected chi connectivity index (χ0v) is 12.6. The molecule has 0 fully saturated rings. The number of carboxylic acids is 1. The Morgan fingerprint density at radius 1 is 1.25 bits per heavy atom. The van der Waals surface area contributed by atoms with Gasteiger partial charge in [0.05, 0.1) is 5.56 Å². The first kappa shape index (κ1) is 17.5. The molecule has 0 aliphatic carbocycles. The van der Waals surface area contributed by atoms with Crippen LogP contribution in [0.5, 0.6) is 0 Å². The molecular weight excluding hydrogens is 329 g/mol. The number of hydrogen-bond acceptors (Lipinski definition) is 4. The average Bonchev–Trinajstić information content (AvgIpc) is 2.88. The molecule has 1 aromatic carbocycles. The van der Waals surface area contributed by atoms with E-state index in [0.29, 0.717) is 0 Å². The number of nitrogens with one attached hydrogen (secondary N) is 1. The Labute approximate surface area is 134 Å². The van der Waals surface area contributed by atoms with Gasteiger partial charge in [-0.2, -0.15) is 13.2 Å². The number of aromatic nitrogens is 1. The van der Waals surface area contributed by atoms with Crippen molar-refractivity contribution in [2.45, 2.75) is 26.1 Å². The van der Waals surface area contributed by atoms with Crippen LogP contribution >= 0.6 is 0 Å². The summed E-state index contributed by atoms with van der Waals surface area (Å²) in [5, 5.41) is 14.8. The van der Waals surface area contributed by atoms with E-state index in [0.717, 1.165) is 24.3 Å². The molecule has 0 spiro atoms. The van der Waals surface area contributed by atoms with Crippen molar-refractivity contribution in [2.24, 2.45) is 0 Å². The first-order valence-corrected chi connectivity index (χ1v) is 6.79. The third kappa shape index (κ3) is 3.55. The number of carbonyl (C=O) groups excluding carboxylic acids is 1. The van der Waals surface area contributed by atoms with E-state index < -0.39 is 29.7 Å². The quantitative estimate of drug-likeness (QED) is 0.891. The molecule has 1 heterocycles. The molecule has 0 unspecified atom stereocenters. The van der Waals surface area contributed by atoms with Crippen molar-refractivity contribution < 1.29 is 32.4 Å².